The van der Waals surface area contributed by atoms with Crippen LogP contribution in [0.4, 0.5) is 24.9 Å². The summed E-state index contributed by atoms with van der Waals surface area (Å²) in [5, 5.41) is 14.2. The Morgan fingerprint density at radius 2 is 2.08 bits per heavy atom. The minimum atomic E-state index is -2.62. The maximum atomic E-state index is 14.6. The van der Waals surface area contributed by atoms with Gasteiger partial charge >= 0.3 is 0 Å². The number of halogens is 3. The molecule has 4 heterocycles. The third-order valence-electron chi connectivity index (χ3n) is 3.76. The molecule has 0 bridgehead atoms. The number of aromatic nitrogens is 7. The van der Waals surface area contributed by atoms with E-state index in [1.165, 1.54) is 16.6 Å². The molecule has 4 aromatic heterocycles. The average molecular weight is 363 g/mol. The Hall–Kier alpha value is -3.44. The molecule has 9 nitrogen and oxygen atoms in total. The molecule has 0 aliphatic carbocycles. The maximum Gasteiger partial charge on any atom is 0.258 e. The number of rotatable bonds is 4. The quantitative estimate of drug-likeness (QED) is 0.566. The Kier molecular flexibility index (Phi) is 3.60. The van der Waals surface area contributed by atoms with Crippen molar-refractivity contribution < 1.29 is 13.2 Å². The lowest BCUT2D eigenvalue weighted by atomic mass is 10.1. The zero-order valence-corrected chi connectivity index (χ0v) is 13.4. The lowest BCUT2D eigenvalue weighted by Gasteiger charge is -2.07. The van der Waals surface area contributed by atoms with Crippen molar-refractivity contribution >= 4 is 28.4 Å². The van der Waals surface area contributed by atoms with Crippen LogP contribution in [0.3, 0.4) is 0 Å². The predicted molar refractivity (Wildman–Crippen MR) is 87.2 cm³/mol. The van der Waals surface area contributed by atoms with E-state index in [-0.39, 0.29) is 22.9 Å². The molecule has 4 rings (SSSR count). The highest BCUT2D eigenvalue weighted by molar-refractivity contribution is 5.89. The van der Waals surface area contributed by atoms with E-state index in [0.29, 0.717) is 16.9 Å². The van der Waals surface area contributed by atoms with Gasteiger partial charge in [-0.25, -0.2) is 27.4 Å². The van der Waals surface area contributed by atoms with E-state index >= 15 is 0 Å². The van der Waals surface area contributed by atoms with Crippen LogP contribution in [0.1, 0.15) is 0 Å². The molecule has 0 saturated heterocycles. The van der Waals surface area contributed by atoms with Crippen molar-refractivity contribution in [3.05, 3.63) is 24.1 Å². The molecule has 0 aliphatic heterocycles. The number of alkyl halides is 2. The van der Waals surface area contributed by atoms with Crippen LogP contribution in [0.2, 0.25) is 0 Å². The van der Waals surface area contributed by atoms with Crippen LogP contribution in [0, 0.1) is 5.82 Å². The fourth-order valence-corrected chi connectivity index (χ4v) is 2.73. The van der Waals surface area contributed by atoms with E-state index < -0.39 is 18.8 Å². The van der Waals surface area contributed by atoms with Gasteiger partial charge in [0.15, 0.2) is 17.3 Å². The number of nitrogens with zero attached hydrogens (tertiary/aromatic N) is 7. The van der Waals surface area contributed by atoms with E-state index in [1.807, 2.05) is 0 Å². The van der Waals surface area contributed by atoms with Crippen LogP contribution in [-0.4, -0.2) is 48.0 Å². The van der Waals surface area contributed by atoms with Crippen molar-refractivity contribution in [1.82, 2.24) is 34.6 Å². The fraction of sp³-hybridized carbons (Fsp3) is 0.214. The van der Waals surface area contributed by atoms with E-state index in [4.69, 9.17) is 5.73 Å². The Morgan fingerprint density at radius 1 is 1.27 bits per heavy atom. The summed E-state index contributed by atoms with van der Waals surface area (Å²) in [4.78, 5) is 8.32. The van der Waals surface area contributed by atoms with Crippen molar-refractivity contribution in [2.45, 2.75) is 13.0 Å². The first-order valence-electron chi connectivity index (χ1n) is 7.48. The third-order valence-corrected chi connectivity index (χ3v) is 3.76. The number of pyridine rings is 1. The Labute approximate surface area is 143 Å². The summed E-state index contributed by atoms with van der Waals surface area (Å²) in [5.74, 6) is -0.343. The Bertz CT molecular complexity index is 1120. The second-order valence-corrected chi connectivity index (χ2v) is 5.42. The molecule has 0 fully saturated rings. The number of nitrogens with two attached hydrogens (primary N) is 1. The van der Waals surface area contributed by atoms with Gasteiger partial charge in [0.25, 0.3) is 6.43 Å². The van der Waals surface area contributed by atoms with Gasteiger partial charge in [-0.1, -0.05) is 5.21 Å². The number of nitrogen functional groups attached to an aromatic ring is 1. The standard InChI is InChI=1S/C14H12F3N9/c1-19-12-11-10(6(15)4-25(11)23-14(18)21-12)7-2-3-8-13(20-7)26(24-22-8)5-9(16)17/h2-4,9H,5H2,1H3,(H3,18,19,21,23). The largest absolute Gasteiger partial charge is 0.371 e. The normalized spacial score (nSPS) is 11.7. The minimum absolute atomic E-state index is 0.0361. The smallest absolute Gasteiger partial charge is 0.258 e. The zero-order chi connectivity index (χ0) is 18.4. The first-order valence-corrected chi connectivity index (χ1v) is 7.48. The molecule has 0 aliphatic rings. The number of hydrogen-bond donors (Lipinski definition) is 2. The fourth-order valence-electron chi connectivity index (χ4n) is 2.73. The molecule has 0 aromatic carbocycles. The summed E-state index contributed by atoms with van der Waals surface area (Å²) in [5.41, 5.74) is 6.71. The molecule has 134 valence electrons. The minimum Gasteiger partial charge on any atom is -0.371 e. The molecule has 0 radical (unpaired) electrons. The SMILES string of the molecule is CNc1nc(N)nn2cc(F)c(-c3ccc4nnn(CC(F)F)c4n3)c12. The van der Waals surface area contributed by atoms with Gasteiger partial charge in [-0.05, 0) is 12.1 Å². The van der Waals surface area contributed by atoms with Crippen molar-refractivity contribution in [3.8, 4) is 11.3 Å². The molecule has 12 heteroatoms. The van der Waals surface area contributed by atoms with Crippen LogP contribution in [-0.2, 0) is 6.54 Å². The van der Waals surface area contributed by atoms with Crippen LogP contribution in [0.5, 0.6) is 0 Å². The highest BCUT2D eigenvalue weighted by atomic mass is 19.3. The second kappa shape index (κ2) is 5.82. The van der Waals surface area contributed by atoms with Gasteiger partial charge in [0.2, 0.25) is 5.95 Å². The number of nitrogens with one attached hydrogen (secondary N) is 1. The van der Waals surface area contributed by atoms with E-state index in [1.54, 1.807) is 7.05 Å². The van der Waals surface area contributed by atoms with Gasteiger partial charge in [-0.2, -0.15) is 4.98 Å². The first-order chi connectivity index (χ1) is 12.5. The highest BCUT2D eigenvalue weighted by Crippen LogP contribution is 2.32. The molecule has 4 aromatic rings. The number of fused-ring (bicyclic) bond motifs is 2. The molecule has 0 unspecified atom stereocenters. The molecule has 0 saturated carbocycles. The monoisotopic (exact) mass is 363 g/mol. The molecule has 3 N–H and O–H groups in total. The molecular weight excluding hydrogens is 351 g/mol. The van der Waals surface area contributed by atoms with Crippen molar-refractivity contribution in [2.75, 3.05) is 18.1 Å². The summed E-state index contributed by atoms with van der Waals surface area (Å²) in [6.45, 7) is -0.659. The summed E-state index contributed by atoms with van der Waals surface area (Å²) in [6, 6.07) is 3.06. The molecule has 26 heavy (non-hydrogen) atoms. The van der Waals surface area contributed by atoms with E-state index in [2.05, 4.69) is 30.7 Å². The lowest BCUT2D eigenvalue weighted by molar-refractivity contribution is 0.122. The van der Waals surface area contributed by atoms with Crippen LogP contribution in [0.25, 0.3) is 27.9 Å². The van der Waals surface area contributed by atoms with Gasteiger partial charge in [-0.3, -0.25) is 0 Å². The molecule has 0 amide bonds. The van der Waals surface area contributed by atoms with Crippen LogP contribution in [0.15, 0.2) is 18.3 Å². The van der Waals surface area contributed by atoms with Crippen molar-refractivity contribution in [1.29, 1.82) is 0 Å². The maximum absolute atomic E-state index is 14.6. The summed E-state index contributed by atoms with van der Waals surface area (Å²) in [7, 11) is 1.61. The molecule has 0 atom stereocenters. The predicted octanol–water partition coefficient (Wildman–Crippen LogP) is 1.56. The molecule has 0 spiro atoms. The third kappa shape index (κ3) is 2.46. The van der Waals surface area contributed by atoms with E-state index in [0.717, 1.165) is 10.9 Å². The van der Waals surface area contributed by atoms with Crippen molar-refractivity contribution in [3.63, 3.8) is 0 Å². The van der Waals surface area contributed by atoms with E-state index in [9.17, 15) is 13.2 Å². The zero-order valence-electron chi connectivity index (χ0n) is 13.4. The number of hydrogen-bond acceptors (Lipinski definition) is 7. The Balaban J connectivity index is 1.96. The lowest BCUT2D eigenvalue weighted by Crippen LogP contribution is -2.09. The molecular formula is C14H12F3N9. The first kappa shape index (κ1) is 16.1. The van der Waals surface area contributed by atoms with Gasteiger partial charge < -0.3 is 11.1 Å². The topological polar surface area (TPSA) is 112 Å². The van der Waals surface area contributed by atoms with Gasteiger partial charge in [0, 0.05) is 7.05 Å². The van der Waals surface area contributed by atoms with Crippen molar-refractivity contribution in [2.24, 2.45) is 0 Å². The number of anilines is 2. The van der Waals surface area contributed by atoms with Gasteiger partial charge in [0.1, 0.15) is 17.6 Å². The van der Waals surface area contributed by atoms with Gasteiger partial charge in [0.05, 0.1) is 17.5 Å². The van der Waals surface area contributed by atoms with Crippen LogP contribution < -0.4 is 11.1 Å². The second-order valence-electron chi connectivity index (χ2n) is 5.42. The highest BCUT2D eigenvalue weighted by Gasteiger charge is 2.21. The summed E-state index contributed by atoms with van der Waals surface area (Å²) < 4.78 is 42.2. The van der Waals surface area contributed by atoms with Crippen LogP contribution >= 0.6 is 0 Å². The Morgan fingerprint density at radius 3 is 2.81 bits per heavy atom. The van der Waals surface area contributed by atoms with Gasteiger partial charge in [-0.15, -0.1) is 10.2 Å². The summed E-state index contributed by atoms with van der Waals surface area (Å²) >= 11 is 0. The summed E-state index contributed by atoms with van der Waals surface area (Å²) in [6.07, 6.45) is -1.48. The average Bonchev–Trinajstić information content (AvgIpc) is 3.13.